The Morgan fingerprint density at radius 2 is 2.05 bits per heavy atom. The van der Waals surface area contributed by atoms with E-state index in [2.05, 4.69) is 12.2 Å². The smallest absolute Gasteiger partial charge is 0.244 e. The Bertz CT molecular complexity index is 487. The van der Waals surface area contributed by atoms with Crippen molar-refractivity contribution in [1.29, 1.82) is 0 Å². The third kappa shape index (κ3) is 3.11. The molecule has 4 nitrogen and oxygen atoms in total. The normalized spacial score (nSPS) is 27.1. The molecule has 2 fully saturated rings. The van der Waals surface area contributed by atoms with Gasteiger partial charge in [-0.15, -0.1) is 0 Å². The highest BCUT2D eigenvalue weighted by Gasteiger charge is 2.41. The first-order chi connectivity index (χ1) is 10.2. The molecule has 1 N–H and O–H groups in total. The fourth-order valence-corrected chi connectivity index (χ4v) is 3.30. The molecule has 21 heavy (non-hydrogen) atoms. The van der Waals surface area contributed by atoms with E-state index in [9.17, 15) is 4.79 Å². The molecule has 114 valence electrons. The maximum Gasteiger partial charge on any atom is 0.244 e. The third-order valence-electron chi connectivity index (χ3n) is 4.54. The molecule has 1 aromatic rings. The Balaban J connectivity index is 1.69. The topological polar surface area (TPSA) is 41.6 Å². The second kappa shape index (κ2) is 6.16. The lowest BCUT2D eigenvalue weighted by Crippen LogP contribution is -2.46. The number of ether oxygens (including phenoxy) is 1. The molecule has 1 saturated heterocycles. The maximum atomic E-state index is 12.7. The number of methoxy groups -OCH3 is 1. The molecule has 0 bridgehead atoms. The summed E-state index contributed by atoms with van der Waals surface area (Å²) in [7, 11) is 1.73. The fourth-order valence-electron chi connectivity index (χ4n) is 3.30. The van der Waals surface area contributed by atoms with Crippen LogP contribution in [0.1, 0.15) is 26.2 Å². The van der Waals surface area contributed by atoms with Gasteiger partial charge < -0.3 is 15.0 Å². The van der Waals surface area contributed by atoms with Gasteiger partial charge in [0, 0.05) is 24.9 Å². The molecule has 0 spiro atoms. The van der Waals surface area contributed by atoms with Crippen LogP contribution in [0.3, 0.4) is 0 Å². The minimum absolute atomic E-state index is 0.0824. The van der Waals surface area contributed by atoms with Crippen LogP contribution in [0.4, 0.5) is 5.69 Å². The number of hydrogen-bond acceptors (Lipinski definition) is 3. The number of hydrogen-bond donors (Lipinski definition) is 1. The van der Waals surface area contributed by atoms with Gasteiger partial charge in [-0.2, -0.15) is 0 Å². The number of carbonyl (C=O) groups excluding carboxylic acids is 1. The van der Waals surface area contributed by atoms with Crippen molar-refractivity contribution in [2.45, 2.75) is 44.3 Å². The molecule has 2 aliphatic rings. The highest BCUT2D eigenvalue weighted by atomic mass is 16.5. The zero-order valence-corrected chi connectivity index (χ0v) is 12.8. The van der Waals surface area contributed by atoms with Gasteiger partial charge in [-0.3, -0.25) is 4.79 Å². The quantitative estimate of drug-likeness (QED) is 0.872. The molecule has 4 heteroatoms. The van der Waals surface area contributed by atoms with Crippen molar-refractivity contribution in [3.63, 3.8) is 0 Å². The molecule has 1 heterocycles. The zero-order valence-electron chi connectivity index (χ0n) is 12.8. The Morgan fingerprint density at radius 1 is 1.33 bits per heavy atom. The average Bonchev–Trinajstić information content (AvgIpc) is 3.28. The fraction of sp³-hybridized carbons (Fsp3) is 0.588. The number of nitrogens with zero attached hydrogens (tertiary/aromatic N) is 1. The first kappa shape index (κ1) is 14.5. The summed E-state index contributed by atoms with van der Waals surface area (Å²) < 4.78 is 5.30. The summed E-state index contributed by atoms with van der Waals surface area (Å²) in [5, 5.41) is 3.54. The van der Waals surface area contributed by atoms with E-state index in [-0.39, 0.29) is 18.0 Å². The van der Waals surface area contributed by atoms with Crippen LogP contribution in [0.25, 0.3) is 0 Å². The molecule has 1 aliphatic heterocycles. The lowest BCUT2D eigenvalue weighted by atomic mass is 10.1. The van der Waals surface area contributed by atoms with E-state index in [0.29, 0.717) is 18.6 Å². The zero-order chi connectivity index (χ0) is 14.8. The Morgan fingerprint density at radius 3 is 2.67 bits per heavy atom. The first-order valence-electron chi connectivity index (χ1n) is 7.84. The van der Waals surface area contributed by atoms with E-state index in [4.69, 9.17) is 4.74 Å². The number of amides is 1. The number of carbonyl (C=O) groups is 1. The van der Waals surface area contributed by atoms with Gasteiger partial charge in [-0.05, 0) is 44.2 Å². The summed E-state index contributed by atoms with van der Waals surface area (Å²) in [5.41, 5.74) is 0.994. The number of benzene rings is 1. The molecule has 1 aliphatic carbocycles. The van der Waals surface area contributed by atoms with Gasteiger partial charge in [0.15, 0.2) is 0 Å². The highest BCUT2D eigenvalue weighted by molar-refractivity contribution is 6.00. The van der Waals surface area contributed by atoms with Crippen LogP contribution in [0.5, 0.6) is 0 Å². The third-order valence-corrected chi connectivity index (χ3v) is 4.54. The second-order valence-electron chi connectivity index (χ2n) is 6.25. The van der Waals surface area contributed by atoms with E-state index in [1.807, 2.05) is 35.2 Å². The van der Waals surface area contributed by atoms with Gasteiger partial charge in [-0.1, -0.05) is 18.2 Å². The van der Waals surface area contributed by atoms with E-state index in [0.717, 1.165) is 12.1 Å². The molecule has 0 radical (unpaired) electrons. The van der Waals surface area contributed by atoms with Crippen LogP contribution in [0, 0.1) is 5.92 Å². The molecular weight excluding hydrogens is 264 g/mol. The summed E-state index contributed by atoms with van der Waals surface area (Å²) in [4.78, 5) is 14.6. The minimum Gasteiger partial charge on any atom is -0.383 e. The Hall–Kier alpha value is -1.39. The summed E-state index contributed by atoms with van der Waals surface area (Å²) in [6.45, 7) is 2.81. The summed E-state index contributed by atoms with van der Waals surface area (Å²) >= 11 is 0. The molecule has 1 amide bonds. The van der Waals surface area contributed by atoms with Gasteiger partial charge >= 0.3 is 0 Å². The van der Waals surface area contributed by atoms with Gasteiger partial charge in [0.2, 0.25) is 5.91 Å². The van der Waals surface area contributed by atoms with Crippen molar-refractivity contribution in [3.05, 3.63) is 30.3 Å². The maximum absolute atomic E-state index is 12.7. The molecule has 3 atom stereocenters. The van der Waals surface area contributed by atoms with Crippen molar-refractivity contribution < 1.29 is 9.53 Å². The van der Waals surface area contributed by atoms with Gasteiger partial charge in [0.05, 0.1) is 12.6 Å². The van der Waals surface area contributed by atoms with Gasteiger partial charge in [0.1, 0.15) is 0 Å². The Labute approximate surface area is 126 Å². The van der Waals surface area contributed by atoms with Crippen molar-refractivity contribution in [1.82, 2.24) is 5.32 Å². The van der Waals surface area contributed by atoms with Crippen LogP contribution in [-0.2, 0) is 9.53 Å². The highest BCUT2D eigenvalue weighted by Crippen LogP contribution is 2.34. The van der Waals surface area contributed by atoms with Crippen LogP contribution in [-0.4, -0.2) is 37.7 Å². The predicted molar refractivity (Wildman–Crippen MR) is 83.3 cm³/mol. The van der Waals surface area contributed by atoms with Crippen molar-refractivity contribution in [3.8, 4) is 0 Å². The molecule has 0 unspecified atom stereocenters. The van der Waals surface area contributed by atoms with Crippen molar-refractivity contribution in [2.75, 3.05) is 18.6 Å². The van der Waals surface area contributed by atoms with E-state index >= 15 is 0 Å². The average molecular weight is 288 g/mol. The lowest BCUT2D eigenvalue weighted by Gasteiger charge is -2.23. The van der Waals surface area contributed by atoms with Gasteiger partial charge in [-0.25, -0.2) is 0 Å². The molecule has 1 aromatic carbocycles. The first-order valence-corrected chi connectivity index (χ1v) is 7.84. The summed E-state index contributed by atoms with van der Waals surface area (Å²) in [5.74, 6) is 0.870. The number of para-hydroxylation sites is 1. The van der Waals surface area contributed by atoms with Crippen LogP contribution >= 0.6 is 0 Å². The number of nitrogens with one attached hydrogen (secondary N) is 1. The monoisotopic (exact) mass is 288 g/mol. The van der Waals surface area contributed by atoms with Crippen molar-refractivity contribution >= 4 is 11.6 Å². The van der Waals surface area contributed by atoms with Crippen LogP contribution < -0.4 is 10.2 Å². The van der Waals surface area contributed by atoms with E-state index in [1.54, 1.807) is 7.11 Å². The molecule has 1 saturated carbocycles. The van der Waals surface area contributed by atoms with Gasteiger partial charge in [0.25, 0.3) is 0 Å². The second-order valence-corrected chi connectivity index (χ2v) is 6.25. The SMILES string of the molecule is COC[C@H](N[C@H]1C[C@@H](C)N(c2ccccc2)C1=O)C1CC1. The predicted octanol–water partition coefficient (Wildman–Crippen LogP) is 2.20. The minimum atomic E-state index is -0.0824. The van der Waals surface area contributed by atoms with Crippen molar-refractivity contribution in [2.24, 2.45) is 5.92 Å². The summed E-state index contributed by atoms with van der Waals surface area (Å²) in [6, 6.07) is 10.4. The lowest BCUT2D eigenvalue weighted by molar-refractivity contribution is -0.119. The van der Waals surface area contributed by atoms with E-state index in [1.165, 1.54) is 12.8 Å². The van der Waals surface area contributed by atoms with Crippen LogP contribution in [0.15, 0.2) is 30.3 Å². The molecular formula is C17H24N2O2. The standard InChI is InChI=1S/C17H24N2O2/c1-12-10-15(18-16(11-21-2)13-8-9-13)17(20)19(12)14-6-4-3-5-7-14/h3-7,12-13,15-16,18H,8-11H2,1-2H3/t12-,15+,16+/m1/s1. The number of rotatable bonds is 6. The number of anilines is 1. The molecule has 3 rings (SSSR count). The Kier molecular flexibility index (Phi) is 4.27. The molecule has 0 aromatic heterocycles. The largest absolute Gasteiger partial charge is 0.383 e. The van der Waals surface area contributed by atoms with Crippen LogP contribution in [0.2, 0.25) is 0 Å². The summed E-state index contributed by atoms with van der Waals surface area (Å²) in [6.07, 6.45) is 3.36. The van der Waals surface area contributed by atoms with E-state index < -0.39 is 0 Å².